The standard InChI is InChI=1S/C25H33N5O4/c1-5-29-22-15-20(27-24(31)26-17-12-18(33-3)14-19(13-17)34-4)21(28-10-8-7-9-11-28)16-23(22)30(6-2)25(29)32/h12-16H,5-11H2,1-4H3,(H2,26,27,31). The number of benzene rings is 2. The van der Waals surface area contributed by atoms with Crippen molar-refractivity contribution in [2.75, 3.05) is 42.8 Å². The Morgan fingerprint density at radius 3 is 2.00 bits per heavy atom. The number of nitrogens with zero attached hydrogens (tertiary/aromatic N) is 3. The summed E-state index contributed by atoms with van der Waals surface area (Å²) in [5.74, 6) is 1.16. The molecule has 9 nitrogen and oxygen atoms in total. The SMILES string of the molecule is CCn1c(=O)n(CC)c2cc(N3CCCCC3)c(NC(=O)Nc3cc(OC)cc(OC)c3)cc21. The Hall–Kier alpha value is -3.62. The number of hydrogen-bond acceptors (Lipinski definition) is 5. The van der Waals surface area contributed by atoms with Crippen molar-refractivity contribution in [1.82, 2.24) is 9.13 Å². The van der Waals surface area contributed by atoms with Crippen molar-refractivity contribution < 1.29 is 14.3 Å². The number of fused-ring (bicyclic) bond motifs is 1. The molecule has 1 aliphatic heterocycles. The van der Waals surface area contributed by atoms with Crippen LogP contribution in [0.1, 0.15) is 33.1 Å². The molecule has 0 aliphatic carbocycles. The molecule has 2 amide bonds. The monoisotopic (exact) mass is 467 g/mol. The Labute approximate surface area is 199 Å². The molecule has 0 saturated carbocycles. The molecule has 9 heteroatoms. The minimum absolute atomic E-state index is 0.0327. The first-order valence-electron chi connectivity index (χ1n) is 11.8. The molecule has 2 heterocycles. The lowest BCUT2D eigenvalue weighted by molar-refractivity contribution is 0.262. The molecule has 34 heavy (non-hydrogen) atoms. The maximum Gasteiger partial charge on any atom is 0.329 e. The van der Waals surface area contributed by atoms with Gasteiger partial charge in [-0.3, -0.25) is 9.13 Å². The molecule has 1 saturated heterocycles. The molecule has 0 radical (unpaired) electrons. The van der Waals surface area contributed by atoms with E-state index in [2.05, 4.69) is 15.5 Å². The van der Waals surface area contributed by atoms with Crippen LogP contribution in [0.2, 0.25) is 0 Å². The van der Waals surface area contributed by atoms with Crippen molar-refractivity contribution >= 4 is 34.1 Å². The molecule has 1 fully saturated rings. The zero-order valence-corrected chi connectivity index (χ0v) is 20.3. The van der Waals surface area contributed by atoms with Gasteiger partial charge in [0.15, 0.2) is 0 Å². The number of carbonyl (C=O) groups excluding carboxylic acids is 1. The second kappa shape index (κ2) is 10.1. The first kappa shape index (κ1) is 23.5. The lowest BCUT2D eigenvalue weighted by atomic mass is 10.1. The molecule has 4 rings (SSSR count). The van der Waals surface area contributed by atoms with E-state index in [0.717, 1.165) is 42.7 Å². The topological polar surface area (TPSA) is 89.8 Å². The average molecular weight is 468 g/mol. The highest BCUT2D eigenvalue weighted by Crippen LogP contribution is 2.34. The number of imidazole rings is 1. The molecule has 0 atom stereocenters. The maximum absolute atomic E-state index is 13.0. The molecule has 182 valence electrons. The summed E-state index contributed by atoms with van der Waals surface area (Å²) in [5.41, 5.74) is 3.83. The van der Waals surface area contributed by atoms with Crippen molar-refractivity contribution in [3.63, 3.8) is 0 Å². The van der Waals surface area contributed by atoms with Crippen molar-refractivity contribution in [2.45, 2.75) is 46.2 Å². The van der Waals surface area contributed by atoms with Crippen LogP contribution in [0.25, 0.3) is 11.0 Å². The third-order valence-electron chi connectivity index (χ3n) is 6.32. The smallest absolute Gasteiger partial charge is 0.329 e. The predicted molar refractivity (Wildman–Crippen MR) is 136 cm³/mol. The number of urea groups is 1. The zero-order valence-electron chi connectivity index (χ0n) is 20.3. The second-order valence-electron chi connectivity index (χ2n) is 8.36. The number of nitrogens with one attached hydrogen (secondary N) is 2. The highest BCUT2D eigenvalue weighted by atomic mass is 16.5. The van der Waals surface area contributed by atoms with Gasteiger partial charge in [0.2, 0.25) is 0 Å². The number of anilines is 3. The van der Waals surface area contributed by atoms with E-state index >= 15 is 0 Å². The molecule has 1 aromatic heterocycles. The van der Waals surface area contributed by atoms with Gasteiger partial charge in [0.25, 0.3) is 0 Å². The van der Waals surface area contributed by atoms with Crippen LogP contribution in [0.15, 0.2) is 35.1 Å². The Bertz CT molecular complexity index is 1220. The van der Waals surface area contributed by atoms with E-state index in [9.17, 15) is 9.59 Å². The summed E-state index contributed by atoms with van der Waals surface area (Å²) in [7, 11) is 3.13. The van der Waals surface area contributed by atoms with Crippen molar-refractivity contribution in [3.05, 3.63) is 40.8 Å². The lowest BCUT2D eigenvalue weighted by Crippen LogP contribution is -2.31. The van der Waals surface area contributed by atoms with Gasteiger partial charge in [0.1, 0.15) is 11.5 Å². The Balaban J connectivity index is 1.73. The zero-order chi connectivity index (χ0) is 24.2. The van der Waals surface area contributed by atoms with Crippen molar-refractivity contribution in [1.29, 1.82) is 0 Å². The summed E-state index contributed by atoms with van der Waals surface area (Å²) in [6.45, 7) is 6.91. The van der Waals surface area contributed by atoms with Crippen LogP contribution in [0.4, 0.5) is 21.9 Å². The van der Waals surface area contributed by atoms with Gasteiger partial charge in [-0.15, -0.1) is 0 Å². The summed E-state index contributed by atoms with van der Waals surface area (Å²) in [6.07, 6.45) is 3.40. The number of aryl methyl sites for hydroxylation is 2. The van der Waals surface area contributed by atoms with Gasteiger partial charge in [0.05, 0.1) is 36.6 Å². The summed E-state index contributed by atoms with van der Waals surface area (Å²) in [6, 6.07) is 8.78. The second-order valence-corrected chi connectivity index (χ2v) is 8.36. The number of ether oxygens (including phenoxy) is 2. The van der Waals surface area contributed by atoms with E-state index in [1.165, 1.54) is 6.42 Å². The van der Waals surface area contributed by atoms with Crippen LogP contribution in [0.3, 0.4) is 0 Å². The van der Waals surface area contributed by atoms with Crippen LogP contribution in [-0.2, 0) is 13.1 Å². The van der Waals surface area contributed by atoms with Gasteiger partial charge in [-0.1, -0.05) is 0 Å². The fraction of sp³-hybridized carbons (Fsp3) is 0.440. The van der Waals surface area contributed by atoms with Crippen molar-refractivity contribution in [2.24, 2.45) is 0 Å². The van der Waals surface area contributed by atoms with Gasteiger partial charge in [-0.05, 0) is 45.2 Å². The number of hydrogen-bond donors (Lipinski definition) is 2. The minimum Gasteiger partial charge on any atom is -0.497 e. The number of rotatable bonds is 7. The summed E-state index contributed by atoms with van der Waals surface area (Å²) in [5, 5.41) is 5.90. The maximum atomic E-state index is 13.0. The summed E-state index contributed by atoms with van der Waals surface area (Å²) < 4.78 is 14.1. The number of methoxy groups -OCH3 is 2. The third kappa shape index (κ3) is 4.55. The van der Waals surface area contributed by atoms with E-state index in [4.69, 9.17) is 9.47 Å². The molecule has 3 aromatic rings. The van der Waals surface area contributed by atoms with E-state index < -0.39 is 0 Å². The van der Waals surface area contributed by atoms with Crippen LogP contribution in [0, 0.1) is 0 Å². The molecular weight excluding hydrogens is 434 g/mol. The van der Waals surface area contributed by atoms with Crippen LogP contribution in [0.5, 0.6) is 11.5 Å². The molecule has 2 N–H and O–H groups in total. The van der Waals surface area contributed by atoms with Gasteiger partial charge in [-0.25, -0.2) is 9.59 Å². The highest BCUT2D eigenvalue weighted by molar-refractivity contribution is 6.04. The first-order valence-corrected chi connectivity index (χ1v) is 11.8. The third-order valence-corrected chi connectivity index (χ3v) is 6.32. The first-order chi connectivity index (χ1) is 16.5. The number of carbonyl (C=O) groups is 1. The molecule has 0 unspecified atom stereocenters. The predicted octanol–water partition coefficient (Wildman–Crippen LogP) is 4.49. The van der Waals surface area contributed by atoms with Crippen LogP contribution >= 0.6 is 0 Å². The van der Waals surface area contributed by atoms with E-state index in [0.29, 0.717) is 36.0 Å². The fourth-order valence-electron chi connectivity index (χ4n) is 4.62. The number of amides is 2. The van der Waals surface area contributed by atoms with E-state index in [-0.39, 0.29) is 11.7 Å². The molecule has 2 aromatic carbocycles. The highest BCUT2D eigenvalue weighted by Gasteiger charge is 2.21. The average Bonchev–Trinajstić information content (AvgIpc) is 3.12. The molecular formula is C25H33N5O4. The van der Waals surface area contributed by atoms with E-state index in [1.54, 1.807) is 41.6 Å². The van der Waals surface area contributed by atoms with E-state index in [1.807, 2.05) is 26.0 Å². The van der Waals surface area contributed by atoms with Crippen molar-refractivity contribution in [3.8, 4) is 11.5 Å². The lowest BCUT2D eigenvalue weighted by Gasteiger charge is -2.31. The minimum atomic E-state index is -0.381. The number of piperidine rings is 1. The Morgan fingerprint density at radius 2 is 1.44 bits per heavy atom. The largest absolute Gasteiger partial charge is 0.497 e. The molecule has 0 bridgehead atoms. The number of aromatic nitrogens is 2. The quantitative estimate of drug-likeness (QED) is 0.534. The Kier molecular flexibility index (Phi) is 7.00. The van der Waals surface area contributed by atoms with Crippen LogP contribution < -0.4 is 30.7 Å². The van der Waals surface area contributed by atoms with Gasteiger partial charge in [-0.2, -0.15) is 0 Å². The summed E-state index contributed by atoms with van der Waals surface area (Å²) >= 11 is 0. The fourth-order valence-corrected chi connectivity index (χ4v) is 4.62. The van der Waals surface area contributed by atoms with Gasteiger partial charge in [0, 0.05) is 50.1 Å². The Morgan fingerprint density at radius 1 is 0.853 bits per heavy atom. The normalized spacial score (nSPS) is 13.7. The van der Waals surface area contributed by atoms with Gasteiger partial charge >= 0.3 is 11.7 Å². The van der Waals surface area contributed by atoms with Gasteiger partial charge < -0.3 is 25.0 Å². The summed E-state index contributed by atoms with van der Waals surface area (Å²) in [4.78, 5) is 28.3. The molecule has 0 spiro atoms. The van der Waals surface area contributed by atoms with Crippen LogP contribution in [-0.4, -0.2) is 42.5 Å². The molecule has 1 aliphatic rings.